The molecule has 0 spiro atoms. The Morgan fingerprint density at radius 3 is 3.10 bits per heavy atom. The highest BCUT2D eigenvalue weighted by molar-refractivity contribution is 5.69. The van der Waals surface area contributed by atoms with Crippen molar-refractivity contribution in [2.45, 2.75) is 19.3 Å². The Morgan fingerprint density at radius 1 is 1.80 bits per heavy atom. The first-order valence-electron chi connectivity index (χ1n) is 3.59. The molecule has 0 aromatic heterocycles. The lowest BCUT2D eigenvalue weighted by Gasteiger charge is -2.19. The van der Waals surface area contributed by atoms with Gasteiger partial charge >= 0.3 is 5.97 Å². The lowest BCUT2D eigenvalue weighted by molar-refractivity contribution is -0.149. The van der Waals surface area contributed by atoms with Crippen LogP contribution in [0.2, 0.25) is 0 Å². The Kier molecular flexibility index (Phi) is 2.49. The third kappa shape index (κ3) is 1.87. The van der Waals surface area contributed by atoms with Crippen molar-refractivity contribution in [3.63, 3.8) is 0 Å². The van der Waals surface area contributed by atoms with Crippen molar-refractivity contribution in [2.75, 3.05) is 6.61 Å². The number of ether oxygens (including phenoxy) is 1. The van der Waals surface area contributed by atoms with Crippen LogP contribution in [0, 0.1) is 5.92 Å². The van der Waals surface area contributed by atoms with E-state index in [0.717, 1.165) is 12.8 Å². The van der Waals surface area contributed by atoms with E-state index in [2.05, 4.69) is 6.58 Å². The van der Waals surface area contributed by atoms with Gasteiger partial charge in [-0.1, -0.05) is 6.08 Å². The van der Waals surface area contributed by atoms with Gasteiger partial charge in [-0.25, -0.2) is 0 Å². The Balaban J connectivity index is 2.25. The van der Waals surface area contributed by atoms with Gasteiger partial charge in [0.2, 0.25) is 0 Å². The molecule has 2 heteroatoms. The van der Waals surface area contributed by atoms with Crippen LogP contribution in [0.15, 0.2) is 12.7 Å². The molecule has 1 heterocycles. The summed E-state index contributed by atoms with van der Waals surface area (Å²) in [5.74, 6) is 0.468. The molecule has 0 aliphatic carbocycles. The number of hydrogen-bond donors (Lipinski definition) is 0. The second kappa shape index (κ2) is 3.40. The molecule has 56 valence electrons. The second-order valence-electron chi connectivity index (χ2n) is 2.61. The molecule has 1 atom stereocenters. The van der Waals surface area contributed by atoms with Crippen LogP contribution in [0.1, 0.15) is 19.3 Å². The molecule has 0 radical (unpaired) electrons. The molecule has 0 saturated carbocycles. The van der Waals surface area contributed by atoms with Gasteiger partial charge in [-0.3, -0.25) is 4.79 Å². The van der Waals surface area contributed by atoms with Crippen LogP contribution in [-0.2, 0) is 9.53 Å². The first-order chi connectivity index (χ1) is 4.83. The number of carbonyl (C=O) groups is 1. The lowest BCUT2D eigenvalue weighted by atomic mass is 9.99. The Morgan fingerprint density at radius 2 is 2.60 bits per heavy atom. The average molecular weight is 140 g/mol. The molecule has 0 aromatic rings. The van der Waals surface area contributed by atoms with Crippen LogP contribution in [0.25, 0.3) is 0 Å². The number of esters is 1. The van der Waals surface area contributed by atoms with Crippen molar-refractivity contribution in [2.24, 2.45) is 5.92 Å². The highest BCUT2D eigenvalue weighted by Gasteiger charge is 2.17. The molecule has 0 bridgehead atoms. The summed E-state index contributed by atoms with van der Waals surface area (Å²) < 4.78 is 4.86. The predicted octanol–water partition coefficient (Wildman–Crippen LogP) is 1.52. The van der Waals surface area contributed by atoms with Gasteiger partial charge < -0.3 is 4.74 Å². The number of rotatable bonds is 2. The fourth-order valence-corrected chi connectivity index (χ4v) is 1.11. The van der Waals surface area contributed by atoms with E-state index in [1.807, 2.05) is 6.08 Å². The molecule has 10 heavy (non-hydrogen) atoms. The van der Waals surface area contributed by atoms with E-state index in [4.69, 9.17) is 4.74 Å². The number of cyclic esters (lactones) is 1. The lowest BCUT2D eigenvalue weighted by Crippen LogP contribution is -2.20. The SMILES string of the molecule is C=CCC1CCC(=O)OC1. The highest BCUT2D eigenvalue weighted by Crippen LogP contribution is 2.17. The van der Waals surface area contributed by atoms with Crippen LogP contribution in [0.3, 0.4) is 0 Å². The fourth-order valence-electron chi connectivity index (χ4n) is 1.11. The maximum absolute atomic E-state index is 10.6. The van der Waals surface area contributed by atoms with Crippen molar-refractivity contribution in [1.29, 1.82) is 0 Å². The quantitative estimate of drug-likeness (QED) is 0.429. The zero-order valence-corrected chi connectivity index (χ0v) is 6.01. The molecule has 1 fully saturated rings. The molecule has 0 aromatic carbocycles. The summed E-state index contributed by atoms with van der Waals surface area (Å²) >= 11 is 0. The normalized spacial score (nSPS) is 25.6. The third-order valence-corrected chi connectivity index (χ3v) is 1.74. The first kappa shape index (κ1) is 7.32. The molecule has 1 aliphatic heterocycles. The standard InChI is InChI=1S/C8H12O2/c1-2-3-7-4-5-8(9)10-6-7/h2,7H,1,3-6H2. The summed E-state index contributed by atoms with van der Waals surface area (Å²) in [6.07, 6.45) is 4.39. The minimum absolute atomic E-state index is 0.0553. The maximum atomic E-state index is 10.6. The van der Waals surface area contributed by atoms with Gasteiger partial charge in [0.25, 0.3) is 0 Å². The largest absolute Gasteiger partial charge is 0.465 e. The molecule has 1 rings (SSSR count). The molecular weight excluding hydrogens is 128 g/mol. The molecule has 2 nitrogen and oxygen atoms in total. The minimum atomic E-state index is -0.0553. The van der Waals surface area contributed by atoms with E-state index in [0.29, 0.717) is 18.9 Å². The maximum Gasteiger partial charge on any atom is 0.305 e. The Bertz CT molecular complexity index is 130. The van der Waals surface area contributed by atoms with E-state index in [9.17, 15) is 4.79 Å². The molecule has 1 aliphatic rings. The molecular formula is C8H12O2. The van der Waals surface area contributed by atoms with Crippen LogP contribution >= 0.6 is 0 Å². The molecule has 1 unspecified atom stereocenters. The van der Waals surface area contributed by atoms with Gasteiger partial charge in [0.05, 0.1) is 6.61 Å². The van der Waals surface area contributed by atoms with Gasteiger partial charge in [0, 0.05) is 6.42 Å². The van der Waals surface area contributed by atoms with E-state index in [1.54, 1.807) is 0 Å². The van der Waals surface area contributed by atoms with Gasteiger partial charge in [-0.2, -0.15) is 0 Å². The number of hydrogen-bond acceptors (Lipinski definition) is 2. The van der Waals surface area contributed by atoms with Gasteiger partial charge in [0.1, 0.15) is 0 Å². The summed E-state index contributed by atoms with van der Waals surface area (Å²) in [4.78, 5) is 10.6. The van der Waals surface area contributed by atoms with Crippen LogP contribution in [0.4, 0.5) is 0 Å². The highest BCUT2D eigenvalue weighted by atomic mass is 16.5. The minimum Gasteiger partial charge on any atom is -0.465 e. The third-order valence-electron chi connectivity index (χ3n) is 1.74. The zero-order chi connectivity index (χ0) is 7.40. The number of carbonyl (C=O) groups excluding carboxylic acids is 1. The van der Waals surface area contributed by atoms with E-state index in [-0.39, 0.29) is 5.97 Å². The van der Waals surface area contributed by atoms with Gasteiger partial charge in [0.15, 0.2) is 0 Å². The number of allylic oxidation sites excluding steroid dienone is 1. The summed E-state index contributed by atoms with van der Waals surface area (Å²) in [6, 6.07) is 0. The molecule has 1 saturated heterocycles. The van der Waals surface area contributed by atoms with E-state index >= 15 is 0 Å². The van der Waals surface area contributed by atoms with Crippen LogP contribution in [0.5, 0.6) is 0 Å². The van der Waals surface area contributed by atoms with Crippen molar-refractivity contribution < 1.29 is 9.53 Å². The van der Waals surface area contributed by atoms with E-state index < -0.39 is 0 Å². The topological polar surface area (TPSA) is 26.3 Å². The van der Waals surface area contributed by atoms with E-state index in [1.165, 1.54) is 0 Å². The molecule has 0 N–H and O–H groups in total. The van der Waals surface area contributed by atoms with Crippen molar-refractivity contribution in [3.8, 4) is 0 Å². The van der Waals surface area contributed by atoms with Crippen molar-refractivity contribution in [1.82, 2.24) is 0 Å². The smallest absolute Gasteiger partial charge is 0.305 e. The van der Waals surface area contributed by atoms with Crippen LogP contribution in [-0.4, -0.2) is 12.6 Å². The summed E-state index contributed by atoms with van der Waals surface area (Å²) in [6.45, 7) is 4.22. The van der Waals surface area contributed by atoms with Gasteiger partial charge in [-0.15, -0.1) is 6.58 Å². The monoisotopic (exact) mass is 140 g/mol. The Labute approximate surface area is 60.9 Å². The summed E-state index contributed by atoms with van der Waals surface area (Å²) in [7, 11) is 0. The zero-order valence-electron chi connectivity index (χ0n) is 6.01. The predicted molar refractivity (Wildman–Crippen MR) is 38.5 cm³/mol. The Hall–Kier alpha value is -0.790. The fraction of sp³-hybridized carbons (Fsp3) is 0.625. The van der Waals surface area contributed by atoms with Gasteiger partial charge in [-0.05, 0) is 18.8 Å². The second-order valence-corrected chi connectivity index (χ2v) is 2.61. The summed E-state index contributed by atoms with van der Waals surface area (Å²) in [5.41, 5.74) is 0. The average Bonchev–Trinajstić information content (AvgIpc) is 1.95. The van der Waals surface area contributed by atoms with Crippen molar-refractivity contribution >= 4 is 5.97 Å². The molecule has 0 amide bonds. The first-order valence-corrected chi connectivity index (χ1v) is 3.59. The summed E-state index contributed by atoms with van der Waals surface area (Å²) in [5, 5.41) is 0. The van der Waals surface area contributed by atoms with Crippen molar-refractivity contribution in [3.05, 3.63) is 12.7 Å². The van der Waals surface area contributed by atoms with Crippen LogP contribution < -0.4 is 0 Å².